The number of nitrogens with two attached hydrogens (primary N) is 1. The summed E-state index contributed by atoms with van der Waals surface area (Å²) >= 11 is 3.40. The van der Waals surface area contributed by atoms with Crippen LogP contribution in [0.2, 0.25) is 0 Å². The molecule has 0 bridgehead atoms. The summed E-state index contributed by atoms with van der Waals surface area (Å²) in [6, 6.07) is 10.6. The van der Waals surface area contributed by atoms with Gasteiger partial charge in [0.1, 0.15) is 5.82 Å². The SMILES string of the molecule is Cc1ccc(Br)cc1Nc1ccc(N)c(F)c1. The summed E-state index contributed by atoms with van der Waals surface area (Å²) < 4.78 is 14.3. The molecule has 0 fully saturated rings. The highest BCUT2D eigenvalue weighted by Gasteiger charge is 2.03. The number of rotatable bonds is 2. The van der Waals surface area contributed by atoms with E-state index < -0.39 is 5.82 Å². The molecule has 88 valence electrons. The summed E-state index contributed by atoms with van der Waals surface area (Å²) in [7, 11) is 0. The van der Waals surface area contributed by atoms with Crippen molar-refractivity contribution in [2.75, 3.05) is 11.1 Å². The van der Waals surface area contributed by atoms with Crippen molar-refractivity contribution in [3.63, 3.8) is 0 Å². The molecule has 0 heterocycles. The third-order valence-electron chi connectivity index (χ3n) is 2.48. The minimum absolute atomic E-state index is 0.154. The van der Waals surface area contributed by atoms with Gasteiger partial charge in [0.2, 0.25) is 0 Å². The van der Waals surface area contributed by atoms with Gasteiger partial charge in [0.05, 0.1) is 5.69 Å². The lowest BCUT2D eigenvalue weighted by Gasteiger charge is -2.10. The first-order valence-corrected chi connectivity index (χ1v) is 5.94. The fourth-order valence-corrected chi connectivity index (χ4v) is 1.85. The molecule has 2 rings (SSSR count). The molecule has 0 amide bonds. The molecule has 3 N–H and O–H groups in total. The van der Waals surface area contributed by atoms with Gasteiger partial charge in [0.25, 0.3) is 0 Å². The highest BCUT2D eigenvalue weighted by atomic mass is 79.9. The molecule has 0 aliphatic carbocycles. The maximum Gasteiger partial charge on any atom is 0.148 e. The van der Waals surface area contributed by atoms with Crippen LogP contribution in [0.15, 0.2) is 40.9 Å². The van der Waals surface area contributed by atoms with Crippen LogP contribution in [0.3, 0.4) is 0 Å². The van der Waals surface area contributed by atoms with E-state index in [0.717, 1.165) is 15.7 Å². The van der Waals surface area contributed by atoms with Gasteiger partial charge in [-0.15, -0.1) is 0 Å². The molecule has 0 aromatic heterocycles. The zero-order valence-corrected chi connectivity index (χ0v) is 10.9. The molecule has 2 nitrogen and oxygen atoms in total. The van der Waals surface area contributed by atoms with Crippen LogP contribution in [0.1, 0.15) is 5.56 Å². The maximum absolute atomic E-state index is 13.3. The molecule has 0 saturated carbocycles. The van der Waals surface area contributed by atoms with Crippen molar-refractivity contribution in [1.82, 2.24) is 0 Å². The Kier molecular flexibility index (Phi) is 3.33. The van der Waals surface area contributed by atoms with E-state index in [4.69, 9.17) is 5.73 Å². The van der Waals surface area contributed by atoms with E-state index in [9.17, 15) is 4.39 Å². The number of nitrogens with one attached hydrogen (secondary N) is 1. The zero-order valence-electron chi connectivity index (χ0n) is 9.30. The van der Waals surface area contributed by atoms with Crippen LogP contribution in [0.5, 0.6) is 0 Å². The van der Waals surface area contributed by atoms with Crippen molar-refractivity contribution in [2.24, 2.45) is 0 Å². The van der Waals surface area contributed by atoms with Gasteiger partial charge in [-0.3, -0.25) is 0 Å². The molecule has 0 radical (unpaired) electrons. The lowest BCUT2D eigenvalue weighted by molar-refractivity contribution is 0.633. The second-order valence-corrected chi connectivity index (χ2v) is 4.74. The quantitative estimate of drug-likeness (QED) is 0.814. The zero-order chi connectivity index (χ0) is 12.4. The Hall–Kier alpha value is -1.55. The molecule has 0 atom stereocenters. The Morgan fingerprint density at radius 3 is 2.65 bits per heavy atom. The normalized spacial score (nSPS) is 10.3. The van der Waals surface area contributed by atoms with Gasteiger partial charge in [0, 0.05) is 15.8 Å². The van der Waals surface area contributed by atoms with Gasteiger partial charge in [-0.05, 0) is 42.8 Å². The highest BCUT2D eigenvalue weighted by Crippen LogP contribution is 2.25. The summed E-state index contributed by atoms with van der Waals surface area (Å²) in [5.41, 5.74) is 8.28. The minimum Gasteiger partial charge on any atom is -0.396 e. The number of halogens is 2. The first-order valence-electron chi connectivity index (χ1n) is 5.14. The number of hydrogen-bond acceptors (Lipinski definition) is 2. The molecule has 0 spiro atoms. The molecule has 0 saturated heterocycles. The third-order valence-corrected chi connectivity index (χ3v) is 2.97. The van der Waals surface area contributed by atoms with Crippen molar-refractivity contribution in [3.05, 3.63) is 52.3 Å². The lowest BCUT2D eigenvalue weighted by atomic mass is 10.2. The van der Waals surface area contributed by atoms with E-state index >= 15 is 0 Å². The fourth-order valence-electron chi connectivity index (χ4n) is 1.49. The van der Waals surface area contributed by atoms with Crippen LogP contribution in [-0.2, 0) is 0 Å². The molecule has 2 aromatic carbocycles. The minimum atomic E-state index is -0.414. The van der Waals surface area contributed by atoms with Gasteiger partial charge in [0.15, 0.2) is 0 Å². The second kappa shape index (κ2) is 4.75. The Morgan fingerprint density at radius 1 is 1.18 bits per heavy atom. The highest BCUT2D eigenvalue weighted by molar-refractivity contribution is 9.10. The molecule has 4 heteroatoms. The van der Waals surface area contributed by atoms with Crippen molar-refractivity contribution in [3.8, 4) is 0 Å². The summed E-state index contributed by atoms with van der Waals surface area (Å²) in [4.78, 5) is 0. The van der Waals surface area contributed by atoms with Crippen LogP contribution in [0.4, 0.5) is 21.5 Å². The van der Waals surface area contributed by atoms with Crippen molar-refractivity contribution < 1.29 is 4.39 Å². The van der Waals surface area contributed by atoms with Gasteiger partial charge in [-0.25, -0.2) is 4.39 Å². The van der Waals surface area contributed by atoms with Gasteiger partial charge in [-0.2, -0.15) is 0 Å². The number of aryl methyl sites for hydroxylation is 1. The van der Waals surface area contributed by atoms with Crippen LogP contribution in [-0.4, -0.2) is 0 Å². The standard InChI is InChI=1S/C13H12BrFN2/c1-8-2-3-9(14)6-13(8)17-10-4-5-12(16)11(15)7-10/h2-7,17H,16H2,1H3. The summed E-state index contributed by atoms with van der Waals surface area (Å²) in [6.45, 7) is 1.99. The predicted molar refractivity (Wildman–Crippen MR) is 73.0 cm³/mol. The van der Waals surface area contributed by atoms with E-state index in [1.807, 2.05) is 25.1 Å². The monoisotopic (exact) mass is 294 g/mol. The average Bonchev–Trinajstić information content (AvgIpc) is 2.29. The van der Waals surface area contributed by atoms with Gasteiger partial charge >= 0.3 is 0 Å². The van der Waals surface area contributed by atoms with Crippen LogP contribution >= 0.6 is 15.9 Å². The summed E-state index contributed by atoms with van der Waals surface area (Å²) in [5.74, 6) is -0.414. The van der Waals surface area contributed by atoms with Crippen LogP contribution in [0, 0.1) is 12.7 Å². The molecule has 17 heavy (non-hydrogen) atoms. The van der Waals surface area contributed by atoms with Crippen molar-refractivity contribution in [2.45, 2.75) is 6.92 Å². The Balaban J connectivity index is 2.31. The lowest BCUT2D eigenvalue weighted by Crippen LogP contribution is -1.96. The van der Waals surface area contributed by atoms with E-state index in [1.165, 1.54) is 6.07 Å². The maximum atomic E-state index is 13.3. The van der Waals surface area contributed by atoms with E-state index in [2.05, 4.69) is 21.2 Å². The Labute approximate surface area is 108 Å². The smallest absolute Gasteiger partial charge is 0.148 e. The van der Waals surface area contributed by atoms with E-state index in [0.29, 0.717) is 5.69 Å². The molecule has 0 unspecified atom stereocenters. The third kappa shape index (κ3) is 2.77. The van der Waals surface area contributed by atoms with Crippen LogP contribution in [0.25, 0.3) is 0 Å². The largest absolute Gasteiger partial charge is 0.396 e. The van der Waals surface area contributed by atoms with Crippen molar-refractivity contribution in [1.29, 1.82) is 0 Å². The molecular formula is C13H12BrFN2. The van der Waals surface area contributed by atoms with E-state index in [-0.39, 0.29) is 5.69 Å². The predicted octanol–water partition coefficient (Wildman–Crippen LogP) is 4.22. The summed E-state index contributed by atoms with van der Waals surface area (Å²) in [5, 5.41) is 3.16. The number of nitrogen functional groups attached to an aromatic ring is 1. The molecule has 0 aliphatic rings. The topological polar surface area (TPSA) is 38.0 Å². The fraction of sp³-hybridized carbons (Fsp3) is 0.0769. The number of anilines is 3. The van der Waals surface area contributed by atoms with E-state index in [1.54, 1.807) is 12.1 Å². The van der Waals surface area contributed by atoms with Crippen LogP contribution < -0.4 is 11.1 Å². The summed E-state index contributed by atoms with van der Waals surface area (Å²) in [6.07, 6.45) is 0. The second-order valence-electron chi connectivity index (χ2n) is 3.82. The Morgan fingerprint density at radius 2 is 1.94 bits per heavy atom. The number of hydrogen-bond donors (Lipinski definition) is 2. The number of benzene rings is 2. The molecular weight excluding hydrogens is 283 g/mol. The average molecular weight is 295 g/mol. The molecule has 2 aromatic rings. The van der Waals surface area contributed by atoms with Crippen molar-refractivity contribution >= 4 is 33.0 Å². The van der Waals surface area contributed by atoms with Gasteiger partial charge < -0.3 is 11.1 Å². The molecule has 0 aliphatic heterocycles. The Bertz CT molecular complexity index is 555. The first kappa shape index (κ1) is 11.9. The van der Waals surface area contributed by atoms with Gasteiger partial charge in [-0.1, -0.05) is 22.0 Å². The first-order chi connectivity index (χ1) is 8.06.